The van der Waals surface area contributed by atoms with Crippen molar-refractivity contribution >= 4 is 30.1 Å². The minimum absolute atomic E-state index is 0.00603. The van der Waals surface area contributed by atoms with Crippen molar-refractivity contribution in [3.63, 3.8) is 0 Å². The maximum atomic E-state index is 6.97. The first-order valence-corrected chi connectivity index (χ1v) is 13.7. The first-order valence-electron chi connectivity index (χ1n) is 10.8. The van der Waals surface area contributed by atoms with Crippen LogP contribution in [0, 0.1) is 0 Å². The Labute approximate surface area is 179 Å². The second-order valence-corrected chi connectivity index (χ2v) is 14.0. The number of furan rings is 1. The maximum absolute atomic E-state index is 6.97. The standard InChI is InChI=1S/C25H30N2O2Si/c1-25(2)18-11-12-22-21-9-5-6-10-23(21)27(24(22)14-18)17-20(29-30(25,3)4)16-26-15-19-8-7-13-28-19/h5-14,20,26H,15-17H2,1-4H3. The van der Waals surface area contributed by atoms with Crippen LogP contribution in [0.15, 0.2) is 65.3 Å². The Morgan fingerprint density at radius 3 is 2.63 bits per heavy atom. The van der Waals surface area contributed by atoms with Crippen LogP contribution < -0.4 is 5.32 Å². The monoisotopic (exact) mass is 418 g/mol. The van der Waals surface area contributed by atoms with Gasteiger partial charge in [0.2, 0.25) is 0 Å². The number of para-hydroxylation sites is 1. The van der Waals surface area contributed by atoms with Crippen LogP contribution in [-0.2, 0) is 22.6 Å². The fourth-order valence-electron chi connectivity index (χ4n) is 4.66. The average Bonchev–Trinajstić information content (AvgIpc) is 3.34. The second kappa shape index (κ2) is 7.12. The van der Waals surface area contributed by atoms with Crippen molar-refractivity contribution in [3.05, 3.63) is 72.2 Å². The Balaban J connectivity index is 1.58. The Morgan fingerprint density at radius 2 is 1.83 bits per heavy atom. The molecule has 5 rings (SSSR count). The molecule has 0 amide bonds. The number of rotatable bonds is 4. The van der Waals surface area contributed by atoms with E-state index in [9.17, 15) is 0 Å². The molecule has 2 aromatic heterocycles. The zero-order valence-electron chi connectivity index (χ0n) is 18.2. The van der Waals surface area contributed by atoms with Crippen LogP contribution in [0.1, 0.15) is 25.2 Å². The number of benzene rings is 2. The van der Waals surface area contributed by atoms with E-state index < -0.39 is 8.32 Å². The van der Waals surface area contributed by atoms with E-state index in [1.807, 2.05) is 12.1 Å². The number of hydrogen-bond donors (Lipinski definition) is 1. The minimum Gasteiger partial charge on any atom is -0.468 e. The quantitative estimate of drug-likeness (QED) is 0.439. The Kier molecular flexibility index (Phi) is 4.65. The van der Waals surface area contributed by atoms with E-state index in [0.717, 1.165) is 18.8 Å². The molecule has 1 aliphatic heterocycles. The largest absolute Gasteiger partial charge is 0.468 e. The molecule has 0 aliphatic carbocycles. The molecule has 1 atom stereocenters. The highest BCUT2D eigenvalue weighted by atomic mass is 28.4. The summed E-state index contributed by atoms with van der Waals surface area (Å²) in [5.74, 6) is 0.954. The molecule has 3 heterocycles. The molecule has 5 heteroatoms. The molecule has 1 aliphatic rings. The predicted molar refractivity (Wildman–Crippen MR) is 125 cm³/mol. The highest BCUT2D eigenvalue weighted by Gasteiger charge is 2.44. The molecule has 2 aromatic carbocycles. The number of fused-ring (bicyclic) bond motifs is 4. The zero-order valence-corrected chi connectivity index (χ0v) is 19.2. The van der Waals surface area contributed by atoms with Crippen molar-refractivity contribution in [3.8, 4) is 0 Å². The van der Waals surface area contributed by atoms with Gasteiger partial charge in [0.05, 0.1) is 18.9 Å². The lowest BCUT2D eigenvalue weighted by atomic mass is 10.00. The van der Waals surface area contributed by atoms with Gasteiger partial charge in [-0.25, -0.2) is 0 Å². The first kappa shape index (κ1) is 19.6. The summed E-state index contributed by atoms with van der Waals surface area (Å²) in [5.41, 5.74) is 3.97. The third kappa shape index (κ3) is 3.12. The van der Waals surface area contributed by atoms with Crippen LogP contribution in [-0.4, -0.2) is 25.5 Å². The second-order valence-electron chi connectivity index (χ2n) is 9.45. The fraction of sp³-hybridized carbons (Fsp3) is 0.360. The molecule has 1 unspecified atom stereocenters. The molecule has 1 N–H and O–H groups in total. The molecule has 0 radical (unpaired) electrons. The van der Waals surface area contributed by atoms with E-state index in [2.05, 4.69) is 79.3 Å². The van der Waals surface area contributed by atoms with Crippen molar-refractivity contribution < 1.29 is 8.84 Å². The van der Waals surface area contributed by atoms with Gasteiger partial charge in [0, 0.05) is 39.9 Å². The average molecular weight is 419 g/mol. The lowest BCUT2D eigenvalue weighted by molar-refractivity contribution is 0.160. The Morgan fingerprint density at radius 1 is 1.03 bits per heavy atom. The summed E-state index contributed by atoms with van der Waals surface area (Å²) in [7, 11) is -2.04. The van der Waals surface area contributed by atoms with E-state index in [1.165, 1.54) is 27.4 Å². The molecule has 0 fully saturated rings. The highest BCUT2D eigenvalue weighted by Crippen LogP contribution is 2.40. The van der Waals surface area contributed by atoms with Gasteiger partial charge in [-0.3, -0.25) is 0 Å². The molecule has 4 aromatic rings. The van der Waals surface area contributed by atoms with Crippen LogP contribution in [0.3, 0.4) is 0 Å². The van der Waals surface area contributed by atoms with Gasteiger partial charge in [-0.2, -0.15) is 0 Å². The Bertz CT molecular complexity index is 1190. The summed E-state index contributed by atoms with van der Waals surface area (Å²) >= 11 is 0. The minimum atomic E-state index is -2.04. The summed E-state index contributed by atoms with van der Waals surface area (Å²) in [6, 6.07) is 19.7. The Hall–Kier alpha value is -2.34. The van der Waals surface area contributed by atoms with Gasteiger partial charge in [0.15, 0.2) is 8.32 Å². The SMILES string of the molecule is CC1(C)c2ccc3c4ccccc4n(c3c2)CC(CNCc2ccco2)O[Si]1(C)C. The lowest BCUT2D eigenvalue weighted by Crippen LogP contribution is -2.54. The summed E-state index contributed by atoms with van der Waals surface area (Å²) < 4.78 is 14.9. The number of nitrogens with one attached hydrogen (secondary N) is 1. The number of nitrogens with zero attached hydrogens (tertiary/aromatic N) is 1. The van der Waals surface area contributed by atoms with Gasteiger partial charge < -0.3 is 18.7 Å². The third-order valence-corrected chi connectivity index (χ3v) is 11.3. The van der Waals surface area contributed by atoms with Crippen LogP contribution in [0.4, 0.5) is 0 Å². The first-order chi connectivity index (χ1) is 14.4. The fourth-order valence-corrected chi connectivity index (χ4v) is 6.80. The van der Waals surface area contributed by atoms with Crippen LogP contribution in [0.2, 0.25) is 13.1 Å². The molecule has 30 heavy (non-hydrogen) atoms. The summed E-state index contributed by atoms with van der Waals surface area (Å²) in [5, 5.41) is 6.21. The van der Waals surface area contributed by atoms with E-state index in [1.54, 1.807) is 6.26 Å². The molecule has 156 valence electrons. The molecule has 0 saturated heterocycles. The van der Waals surface area contributed by atoms with Crippen molar-refractivity contribution in [2.45, 2.75) is 51.2 Å². The molecular weight excluding hydrogens is 388 g/mol. The van der Waals surface area contributed by atoms with Gasteiger partial charge in [-0.1, -0.05) is 44.2 Å². The van der Waals surface area contributed by atoms with E-state index in [-0.39, 0.29) is 11.1 Å². The highest BCUT2D eigenvalue weighted by molar-refractivity contribution is 6.74. The van der Waals surface area contributed by atoms with Crippen LogP contribution in [0.25, 0.3) is 21.8 Å². The number of hydrogen-bond acceptors (Lipinski definition) is 3. The summed E-state index contributed by atoms with van der Waals surface area (Å²) in [4.78, 5) is 0. The van der Waals surface area contributed by atoms with Crippen molar-refractivity contribution in [1.82, 2.24) is 9.88 Å². The molecule has 0 spiro atoms. The topological polar surface area (TPSA) is 39.3 Å². The number of aromatic nitrogens is 1. The zero-order chi connectivity index (χ0) is 20.9. The van der Waals surface area contributed by atoms with Crippen molar-refractivity contribution in [2.24, 2.45) is 0 Å². The van der Waals surface area contributed by atoms with Crippen LogP contribution >= 0.6 is 0 Å². The maximum Gasteiger partial charge on any atom is 0.197 e. The molecule has 4 nitrogen and oxygen atoms in total. The van der Waals surface area contributed by atoms with Crippen LogP contribution in [0.5, 0.6) is 0 Å². The summed E-state index contributed by atoms with van der Waals surface area (Å²) in [6.07, 6.45) is 1.82. The normalized spacial score (nSPS) is 20.3. The van der Waals surface area contributed by atoms with Gasteiger partial charge in [0.1, 0.15) is 5.76 Å². The smallest absolute Gasteiger partial charge is 0.197 e. The van der Waals surface area contributed by atoms with Gasteiger partial charge in [0.25, 0.3) is 0 Å². The van der Waals surface area contributed by atoms with Gasteiger partial charge in [-0.05, 0) is 42.9 Å². The van der Waals surface area contributed by atoms with Gasteiger partial charge in [-0.15, -0.1) is 0 Å². The summed E-state index contributed by atoms with van der Waals surface area (Å²) in [6.45, 7) is 11.8. The van der Waals surface area contributed by atoms with E-state index in [0.29, 0.717) is 6.54 Å². The molecule has 0 saturated carbocycles. The van der Waals surface area contributed by atoms with Gasteiger partial charge >= 0.3 is 0 Å². The van der Waals surface area contributed by atoms with E-state index in [4.69, 9.17) is 8.84 Å². The molecule has 2 bridgehead atoms. The molecular formula is C25H30N2O2Si. The van der Waals surface area contributed by atoms with Crippen molar-refractivity contribution in [2.75, 3.05) is 6.54 Å². The van der Waals surface area contributed by atoms with E-state index >= 15 is 0 Å². The lowest BCUT2D eigenvalue weighted by Gasteiger charge is -2.41. The van der Waals surface area contributed by atoms with Crippen molar-refractivity contribution in [1.29, 1.82) is 0 Å². The predicted octanol–water partition coefficient (Wildman–Crippen LogP) is 5.60. The third-order valence-electron chi connectivity index (χ3n) is 7.10.